The minimum absolute atomic E-state index is 0.118. The quantitative estimate of drug-likeness (QED) is 0.361. The Hall–Kier alpha value is -3.55. The molecular weight excluding hydrogens is 506 g/mol. The smallest absolute Gasteiger partial charge is 0.408 e. The minimum atomic E-state index is -0.883. The number of anilines is 1. The van der Waals surface area contributed by atoms with Gasteiger partial charge in [-0.25, -0.2) is 4.79 Å². The van der Waals surface area contributed by atoms with E-state index in [-0.39, 0.29) is 23.8 Å². The van der Waals surface area contributed by atoms with Gasteiger partial charge in [-0.05, 0) is 101 Å². The van der Waals surface area contributed by atoms with Crippen molar-refractivity contribution < 1.29 is 23.9 Å². The molecule has 2 N–H and O–H groups in total. The van der Waals surface area contributed by atoms with Crippen molar-refractivity contribution in [2.45, 2.75) is 97.9 Å². The van der Waals surface area contributed by atoms with E-state index in [0.717, 1.165) is 36.0 Å². The summed E-state index contributed by atoms with van der Waals surface area (Å²) in [5.41, 5.74) is 2.76. The van der Waals surface area contributed by atoms with Gasteiger partial charge in [0.15, 0.2) is 0 Å². The molecule has 3 unspecified atom stereocenters. The maximum Gasteiger partial charge on any atom is 0.408 e. The van der Waals surface area contributed by atoms with Gasteiger partial charge in [-0.3, -0.25) is 9.59 Å². The summed E-state index contributed by atoms with van der Waals surface area (Å²) in [5.74, 6) is -0.0842. The zero-order valence-corrected chi connectivity index (χ0v) is 25.2. The Morgan fingerprint density at radius 2 is 1.68 bits per heavy atom. The van der Waals surface area contributed by atoms with Gasteiger partial charge in [0.2, 0.25) is 5.91 Å². The van der Waals surface area contributed by atoms with Crippen molar-refractivity contribution in [3.63, 3.8) is 0 Å². The topological polar surface area (TPSA) is 97.0 Å². The van der Waals surface area contributed by atoms with E-state index >= 15 is 0 Å². The van der Waals surface area contributed by atoms with Crippen LogP contribution in [0.1, 0.15) is 83.0 Å². The lowest BCUT2D eigenvalue weighted by atomic mass is 9.86. The Kier molecular flexibility index (Phi) is 10.2. The fraction of sp³-hybridized carbons (Fsp3) is 0.531. The number of nitrogens with one attached hydrogen (secondary N) is 2. The van der Waals surface area contributed by atoms with Gasteiger partial charge in [-0.15, -0.1) is 0 Å². The van der Waals surface area contributed by atoms with E-state index in [4.69, 9.17) is 9.47 Å². The molecule has 3 amide bonds. The first kappa shape index (κ1) is 31.0. The van der Waals surface area contributed by atoms with Gasteiger partial charge in [0, 0.05) is 11.7 Å². The van der Waals surface area contributed by atoms with Crippen LogP contribution in [0.15, 0.2) is 42.5 Å². The first-order chi connectivity index (χ1) is 18.8. The second-order valence-electron chi connectivity index (χ2n) is 11.8. The number of aryl methyl sites for hydroxylation is 2. The Bertz CT molecular complexity index is 1180. The second kappa shape index (κ2) is 13.2. The highest BCUT2D eigenvalue weighted by Crippen LogP contribution is 2.35. The number of amides is 3. The molecule has 2 aromatic rings. The minimum Gasteiger partial charge on any atom is -0.497 e. The van der Waals surface area contributed by atoms with Crippen molar-refractivity contribution >= 4 is 23.6 Å². The predicted molar refractivity (Wildman–Crippen MR) is 157 cm³/mol. The molecular formula is C32H45N3O5. The van der Waals surface area contributed by atoms with Gasteiger partial charge in [0.1, 0.15) is 23.4 Å². The predicted octanol–water partition coefficient (Wildman–Crippen LogP) is 6.31. The maximum atomic E-state index is 14.4. The molecule has 0 radical (unpaired) electrons. The lowest BCUT2D eigenvalue weighted by Crippen LogP contribution is -2.58. The molecule has 0 bridgehead atoms. The fourth-order valence-corrected chi connectivity index (χ4v) is 4.72. The summed E-state index contributed by atoms with van der Waals surface area (Å²) in [4.78, 5) is 43.1. The second-order valence-corrected chi connectivity index (χ2v) is 11.8. The summed E-state index contributed by atoms with van der Waals surface area (Å²) in [5, 5.41) is 5.86. The third-order valence-electron chi connectivity index (χ3n) is 7.60. The number of carbonyl (C=O) groups is 3. The summed E-state index contributed by atoms with van der Waals surface area (Å²) in [6.45, 7) is 13.3. The van der Waals surface area contributed by atoms with E-state index in [0.29, 0.717) is 17.9 Å². The van der Waals surface area contributed by atoms with Crippen LogP contribution < -0.4 is 15.4 Å². The maximum absolute atomic E-state index is 14.4. The lowest BCUT2D eigenvalue weighted by molar-refractivity contribution is -0.147. The highest BCUT2D eigenvalue weighted by Gasteiger charge is 2.43. The van der Waals surface area contributed by atoms with Gasteiger partial charge in [-0.2, -0.15) is 0 Å². The number of hydrogen-bond donors (Lipinski definition) is 2. The van der Waals surface area contributed by atoms with E-state index in [1.54, 1.807) is 57.0 Å². The first-order valence-electron chi connectivity index (χ1n) is 14.2. The SMILES string of the molecule is CCC(C)C(NC(=O)OC(C)(C)C)C(=O)N(C1CCC1)C(C(=O)Nc1ccc(OC)cc1)c1ccc(C)c(C)c1. The highest BCUT2D eigenvalue weighted by atomic mass is 16.6. The van der Waals surface area contributed by atoms with Gasteiger partial charge >= 0.3 is 6.09 Å². The van der Waals surface area contributed by atoms with E-state index in [9.17, 15) is 14.4 Å². The van der Waals surface area contributed by atoms with Crippen LogP contribution in [0.3, 0.4) is 0 Å². The molecule has 218 valence electrons. The normalized spacial score (nSPS) is 15.7. The van der Waals surface area contributed by atoms with Crippen LogP contribution in [0.4, 0.5) is 10.5 Å². The molecule has 0 aliphatic heterocycles. The Balaban J connectivity index is 2.05. The Labute approximate surface area is 238 Å². The van der Waals surface area contributed by atoms with Crippen LogP contribution in [0.25, 0.3) is 0 Å². The number of alkyl carbamates (subject to hydrolysis) is 1. The van der Waals surface area contributed by atoms with Gasteiger partial charge in [0.05, 0.1) is 7.11 Å². The van der Waals surface area contributed by atoms with E-state index in [1.165, 1.54) is 0 Å². The highest BCUT2D eigenvalue weighted by molar-refractivity contribution is 5.99. The molecule has 1 saturated carbocycles. The summed E-state index contributed by atoms with van der Waals surface area (Å²) in [7, 11) is 1.59. The fourth-order valence-electron chi connectivity index (χ4n) is 4.72. The number of hydrogen-bond acceptors (Lipinski definition) is 5. The molecule has 0 spiro atoms. The molecule has 0 saturated heterocycles. The Morgan fingerprint density at radius 3 is 2.17 bits per heavy atom. The number of methoxy groups -OCH3 is 1. The number of carbonyl (C=O) groups excluding carboxylic acids is 3. The standard InChI is InChI=1S/C32H45N3O5/c1-9-20(2)27(34-31(38)40-32(5,6)7)30(37)35(25-11-10-12-25)28(23-14-13-21(3)22(4)19-23)29(36)33-24-15-17-26(39-8)18-16-24/h13-20,25,27-28H,9-12H2,1-8H3,(H,33,36)(H,34,38). The van der Waals surface area contributed by atoms with Crippen molar-refractivity contribution in [2.24, 2.45) is 5.92 Å². The lowest BCUT2D eigenvalue weighted by Gasteiger charge is -2.44. The van der Waals surface area contributed by atoms with E-state index in [1.807, 2.05) is 45.9 Å². The number of benzene rings is 2. The number of nitrogens with zero attached hydrogens (tertiary/aromatic N) is 1. The first-order valence-corrected chi connectivity index (χ1v) is 14.2. The molecule has 3 rings (SSSR count). The third kappa shape index (κ3) is 7.77. The molecule has 0 aromatic heterocycles. The van der Waals surface area contributed by atoms with Crippen molar-refractivity contribution in [1.82, 2.24) is 10.2 Å². The summed E-state index contributed by atoms with van der Waals surface area (Å²) in [6, 6.07) is 11.1. The Morgan fingerprint density at radius 1 is 1.02 bits per heavy atom. The van der Waals surface area contributed by atoms with Crippen LogP contribution in [0.2, 0.25) is 0 Å². The number of ether oxygens (including phenoxy) is 2. The van der Waals surface area contributed by atoms with Crippen molar-refractivity contribution in [3.8, 4) is 5.75 Å². The van der Waals surface area contributed by atoms with Crippen LogP contribution in [0.5, 0.6) is 5.75 Å². The van der Waals surface area contributed by atoms with E-state index < -0.39 is 23.8 Å². The van der Waals surface area contributed by atoms with Gasteiger partial charge in [-0.1, -0.05) is 38.5 Å². The molecule has 1 aliphatic carbocycles. The van der Waals surface area contributed by atoms with Crippen molar-refractivity contribution in [3.05, 3.63) is 59.2 Å². The van der Waals surface area contributed by atoms with Gasteiger partial charge in [0.25, 0.3) is 5.91 Å². The molecule has 8 nitrogen and oxygen atoms in total. The molecule has 2 aromatic carbocycles. The summed E-state index contributed by atoms with van der Waals surface area (Å²) < 4.78 is 10.8. The summed E-state index contributed by atoms with van der Waals surface area (Å²) >= 11 is 0. The van der Waals surface area contributed by atoms with E-state index in [2.05, 4.69) is 10.6 Å². The average Bonchev–Trinajstić information content (AvgIpc) is 2.86. The zero-order chi connectivity index (χ0) is 29.6. The van der Waals surface area contributed by atoms with Gasteiger partial charge < -0.3 is 25.0 Å². The van der Waals surface area contributed by atoms with Crippen LogP contribution in [-0.4, -0.2) is 47.6 Å². The molecule has 1 aliphatic rings. The van der Waals surface area contributed by atoms with Crippen LogP contribution in [0, 0.1) is 19.8 Å². The molecule has 0 heterocycles. The monoisotopic (exact) mass is 551 g/mol. The average molecular weight is 552 g/mol. The molecule has 3 atom stereocenters. The van der Waals surface area contributed by atoms with Crippen molar-refractivity contribution in [2.75, 3.05) is 12.4 Å². The molecule has 1 fully saturated rings. The summed E-state index contributed by atoms with van der Waals surface area (Å²) in [6.07, 6.45) is 2.58. The molecule has 8 heteroatoms. The van der Waals surface area contributed by atoms with Crippen LogP contribution >= 0.6 is 0 Å². The number of rotatable bonds is 10. The van der Waals surface area contributed by atoms with Crippen LogP contribution in [-0.2, 0) is 14.3 Å². The largest absolute Gasteiger partial charge is 0.497 e. The van der Waals surface area contributed by atoms with Crippen molar-refractivity contribution in [1.29, 1.82) is 0 Å². The zero-order valence-electron chi connectivity index (χ0n) is 25.2. The molecule has 40 heavy (non-hydrogen) atoms. The third-order valence-corrected chi connectivity index (χ3v) is 7.60.